The first-order valence-corrected chi connectivity index (χ1v) is 12.8. The minimum absolute atomic E-state index is 0.0551. The first kappa shape index (κ1) is 28.3. The van der Waals surface area contributed by atoms with Gasteiger partial charge in [0.25, 0.3) is 0 Å². The Hall–Kier alpha value is -3.97. The first-order valence-electron chi connectivity index (χ1n) is 11.1. The summed E-state index contributed by atoms with van der Waals surface area (Å²) in [6, 6.07) is 14.2. The van der Waals surface area contributed by atoms with Gasteiger partial charge in [0.15, 0.2) is 5.96 Å². The van der Waals surface area contributed by atoms with Crippen molar-refractivity contribution in [3.63, 3.8) is 0 Å². The van der Waals surface area contributed by atoms with Crippen molar-refractivity contribution in [3.05, 3.63) is 71.3 Å². The number of amidine groups is 1. The molecule has 2 rings (SSSR count). The summed E-state index contributed by atoms with van der Waals surface area (Å²) in [5.74, 6) is -1.55. The quantitative estimate of drug-likeness (QED) is 0.0966. The molecule has 0 unspecified atom stereocenters. The highest BCUT2D eigenvalue weighted by Gasteiger charge is 2.24. The van der Waals surface area contributed by atoms with Gasteiger partial charge >= 0.3 is 0 Å². The van der Waals surface area contributed by atoms with Crippen molar-refractivity contribution in [1.29, 1.82) is 5.41 Å². The Bertz CT molecular complexity index is 1160. The Balaban J connectivity index is 1.93. The van der Waals surface area contributed by atoms with Crippen LogP contribution in [0.2, 0.25) is 0 Å². The fourth-order valence-electron chi connectivity index (χ4n) is 3.16. The van der Waals surface area contributed by atoms with Crippen LogP contribution in [0.3, 0.4) is 0 Å². The number of benzene rings is 2. The summed E-state index contributed by atoms with van der Waals surface area (Å²) in [5, 5.41) is 12.5. The van der Waals surface area contributed by atoms with Crippen LogP contribution in [0.1, 0.15) is 29.5 Å². The number of carbonyl (C=O) groups is 2. The van der Waals surface area contributed by atoms with Crippen LogP contribution in [-0.4, -0.2) is 51.2 Å². The predicted molar refractivity (Wildman–Crippen MR) is 138 cm³/mol. The molecule has 0 radical (unpaired) electrons. The molecular formula is C23H32N8O4S. The minimum Gasteiger partial charge on any atom is -0.384 e. The van der Waals surface area contributed by atoms with Gasteiger partial charge in [0.2, 0.25) is 21.8 Å². The molecule has 0 aliphatic heterocycles. The summed E-state index contributed by atoms with van der Waals surface area (Å²) in [6.45, 7) is 0.0865. The summed E-state index contributed by atoms with van der Waals surface area (Å²) in [7, 11) is -3.85. The number of hydrogen-bond acceptors (Lipinski definition) is 6. The van der Waals surface area contributed by atoms with E-state index < -0.39 is 27.9 Å². The summed E-state index contributed by atoms with van der Waals surface area (Å²) in [4.78, 5) is 28.8. The smallest absolute Gasteiger partial charge is 0.239 e. The van der Waals surface area contributed by atoms with Crippen molar-refractivity contribution in [1.82, 2.24) is 15.4 Å². The van der Waals surface area contributed by atoms with E-state index in [0.29, 0.717) is 17.5 Å². The monoisotopic (exact) mass is 516 g/mol. The molecule has 0 saturated carbocycles. The maximum Gasteiger partial charge on any atom is 0.239 e. The molecule has 2 amide bonds. The molecule has 0 saturated heterocycles. The van der Waals surface area contributed by atoms with E-state index in [2.05, 4.69) is 20.3 Å². The lowest BCUT2D eigenvalue weighted by Gasteiger charge is -2.18. The van der Waals surface area contributed by atoms with Crippen LogP contribution in [0.4, 0.5) is 0 Å². The second-order valence-corrected chi connectivity index (χ2v) is 9.72. The molecule has 0 aliphatic carbocycles. The van der Waals surface area contributed by atoms with Gasteiger partial charge < -0.3 is 27.8 Å². The van der Waals surface area contributed by atoms with Crippen LogP contribution in [0.15, 0.2) is 59.6 Å². The second-order valence-electron chi connectivity index (χ2n) is 7.97. The number of hydrogen-bond donors (Lipinski definition) is 7. The van der Waals surface area contributed by atoms with E-state index in [4.69, 9.17) is 22.6 Å². The molecule has 0 fully saturated rings. The van der Waals surface area contributed by atoms with E-state index in [-0.39, 0.29) is 43.6 Å². The van der Waals surface area contributed by atoms with Crippen LogP contribution in [0.5, 0.6) is 0 Å². The maximum absolute atomic E-state index is 12.7. The van der Waals surface area contributed by atoms with Crippen molar-refractivity contribution in [2.45, 2.75) is 31.2 Å². The van der Waals surface area contributed by atoms with E-state index in [0.717, 1.165) is 5.56 Å². The molecule has 2 aromatic rings. The maximum atomic E-state index is 12.7. The highest BCUT2D eigenvalue weighted by atomic mass is 32.2. The zero-order valence-corrected chi connectivity index (χ0v) is 20.6. The van der Waals surface area contributed by atoms with Crippen LogP contribution >= 0.6 is 0 Å². The van der Waals surface area contributed by atoms with Crippen LogP contribution in [0, 0.1) is 5.41 Å². The Morgan fingerprint density at radius 1 is 0.944 bits per heavy atom. The van der Waals surface area contributed by atoms with Gasteiger partial charge in [-0.25, -0.2) is 13.1 Å². The van der Waals surface area contributed by atoms with Gasteiger partial charge in [-0.3, -0.25) is 20.0 Å². The highest BCUT2D eigenvalue weighted by molar-refractivity contribution is 7.88. The van der Waals surface area contributed by atoms with Gasteiger partial charge in [0.05, 0.1) is 12.3 Å². The van der Waals surface area contributed by atoms with Crippen molar-refractivity contribution >= 4 is 33.6 Å². The van der Waals surface area contributed by atoms with E-state index in [9.17, 15) is 18.0 Å². The number of guanidine groups is 1. The second kappa shape index (κ2) is 13.8. The van der Waals surface area contributed by atoms with E-state index in [1.807, 2.05) is 0 Å². The van der Waals surface area contributed by atoms with Gasteiger partial charge in [-0.2, -0.15) is 0 Å². The van der Waals surface area contributed by atoms with Gasteiger partial charge in [0.1, 0.15) is 11.9 Å². The van der Waals surface area contributed by atoms with E-state index >= 15 is 0 Å². The first-order chi connectivity index (χ1) is 17.1. The minimum atomic E-state index is -3.85. The molecule has 0 aromatic heterocycles. The zero-order chi connectivity index (χ0) is 26.6. The Labute approximate surface area is 210 Å². The fourth-order valence-corrected chi connectivity index (χ4v) is 4.53. The van der Waals surface area contributed by atoms with Gasteiger partial charge in [-0.1, -0.05) is 54.6 Å². The Morgan fingerprint density at radius 3 is 2.22 bits per heavy atom. The summed E-state index contributed by atoms with van der Waals surface area (Å²) in [5.41, 5.74) is 18.0. The number of amides is 2. The molecule has 0 heterocycles. The number of nitrogens with two attached hydrogens (primary N) is 3. The normalized spacial score (nSPS) is 11.8. The number of aliphatic imine (C=N–C) groups is 1. The zero-order valence-electron chi connectivity index (χ0n) is 19.7. The van der Waals surface area contributed by atoms with Crippen molar-refractivity contribution in [2.24, 2.45) is 22.2 Å². The summed E-state index contributed by atoms with van der Waals surface area (Å²) >= 11 is 0. The van der Waals surface area contributed by atoms with Gasteiger partial charge in [-0.05, 0) is 24.0 Å². The fraction of sp³-hybridized carbons (Fsp3) is 0.304. The van der Waals surface area contributed by atoms with Crippen molar-refractivity contribution < 1.29 is 18.0 Å². The largest absolute Gasteiger partial charge is 0.384 e. The Morgan fingerprint density at radius 2 is 1.61 bits per heavy atom. The summed E-state index contributed by atoms with van der Waals surface area (Å²) < 4.78 is 27.7. The number of rotatable bonds is 14. The Kier molecular flexibility index (Phi) is 10.8. The molecule has 10 N–H and O–H groups in total. The topological polar surface area (TPSA) is 219 Å². The number of nitrogens with zero attached hydrogens (tertiary/aromatic N) is 1. The number of sulfonamides is 1. The SMILES string of the molecule is N=C(N)c1ccc(CNC(=O)CNC(=O)[C@@H](CCCN=C(N)N)NS(=O)(=O)Cc2ccccc2)cc1. The standard InChI is InChI=1S/C23H32N8O4S/c24-21(25)18-10-8-16(9-11-18)13-29-20(32)14-30-22(33)19(7-4-12-28-23(26)27)31-36(34,35)15-17-5-2-1-3-6-17/h1-3,5-6,8-11,19,31H,4,7,12-15H2,(H3,24,25)(H,29,32)(H,30,33)(H4,26,27,28)/t19-/m1/s1. The van der Waals surface area contributed by atoms with Crippen molar-refractivity contribution in [3.8, 4) is 0 Å². The lowest BCUT2D eigenvalue weighted by atomic mass is 10.1. The van der Waals surface area contributed by atoms with Gasteiger partial charge in [-0.15, -0.1) is 0 Å². The average molecular weight is 517 g/mol. The highest BCUT2D eigenvalue weighted by Crippen LogP contribution is 2.08. The molecule has 2 aromatic carbocycles. The van der Waals surface area contributed by atoms with E-state index in [1.165, 1.54) is 0 Å². The van der Waals surface area contributed by atoms with Crippen LogP contribution < -0.4 is 32.6 Å². The van der Waals surface area contributed by atoms with Crippen molar-refractivity contribution in [2.75, 3.05) is 13.1 Å². The predicted octanol–water partition coefficient (Wildman–Crippen LogP) is -0.755. The average Bonchev–Trinajstić information content (AvgIpc) is 2.83. The lowest BCUT2D eigenvalue weighted by molar-refractivity contribution is -0.127. The number of carbonyl (C=O) groups excluding carboxylic acids is 2. The molecule has 0 spiro atoms. The number of nitrogen functional groups attached to an aromatic ring is 1. The third-order valence-electron chi connectivity index (χ3n) is 4.96. The lowest BCUT2D eigenvalue weighted by Crippen LogP contribution is -2.49. The molecule has 0 aliphatic rings. The third kappa shape index (κ3) is 10.5. The molecular weight excluding hydrogens is 484 g/mol. The summed E-state index contributed by atoms with van der Waals surface area (Å²) in [6.07, 6.45) is 0.465. The molecule has 13 heteroatoms. The number of nitrogens with one attached hydrogen (secondary N) is 4. The van der Waals surface area contributed by atoms with Gasteiger partial charge in [0, 0.05) is 18.7 Å². The molecule has 12 nitrogen and oxygen atoms in total. The molecule has 194 valence electrons. The molecule has 0 bridgehead atoms. The van der Waals surface area contributed by atoms with E-state index in [1.54, 1.807) is 54.6 Å². The van der Waals surface area contributed by atoms with Crippen LogP contribution in [-0.2, 0) is 31.9 Å². The van der Waals surface area contributed by atoms with Crippen LogP contribution in [0.25, 0.3) is 0 Å². The molecule has 1 atom stereocenters. The third-order valence-corrected chi connectivity index (χ3v) is 6.32. The molecule has 36 heavy (non-hydrogen) atoms.